The Kier molecular flexibility index (Phi) is 4.96. The average Bonchev–Trinajstić information content (AvgIpc) is 2.50. The third kappa shape index (κ3) is 3.24. The lowest BCUT2D eigenvalue weighted by atomic mass is 10.0. The van der Waals surface area contributed by atoms with Crippen molar-refractivity contribution in [3.8, 4) is 11.4 Å². The lowest BCUT2D eigenvalue weighted by Gasteiger charge is -2.13. The van der Waals surface area contributed by atoms with Crippen molar-refractivity contribution in [2.45, 2.75) is 33.1 Å². The molecule has 1 heterocycles. The van der Waals surface area contributed by atoms with Gasteiger partial charge < -0.3 is 5.73 Å². The summed E-state index contributed by atoms with van der Waals surface area (Å²) in [5.74, 6) is -1.33. The molecular formula is C16H19F2N3. The number of rotatable bonds is 5. The Morgan fingerprint density at radius 3 is 2.10 bits per heavy atom. The fourth-order valence-electron chi connectivity index (χ4n) is 2.36. The highest BCUT2D eigenvalue weighted by Gasteiger charge is 2.14. The fourth-order valence-corrected chi connectivity index (χ4v) is 2.36. The van der Waals surface area contributed by atoms with Crippen LogP contribution in [0.4, 0.5) is 8.78 Å². The predicted octanol–water partition coefficient (Wildman–Crippen LogP) is 3.05. The topological polar surface area (TPSA) is 51.8 Å². The average molecular weight is 291 g/mol. The zero-order valence-electron chi connectivity index (χ0n) is 12.3. The van der Waals surface area contributed by atoms with Crippen molar-refractivity contribution in [2.75, 3.05) is 6.54 Å². The van der Waals surface area contributed by atoms with E-state index in [-0.39, 0.29) is 0 Å². The van der Waals surface area contributed by atoms with Crippen LogP contribution in [0.3, 0.4) is 0 Å². The van der Waals surface area contributed by atoms with E-state index in [0.717, 1.165) is 48.3 Å². The molecule has 0 bridgehead atoms. The third-order valence-corrected chi connectivity index (χ3v) is 3.42. The van der Waals surface area contributed by atoms with E-state index < -0.39 is 11.6 Å². The Labute approximate surface area is 123 Å². The number of halogens is 2. The quantitative estimate of drug-likeness (QED) is 0.921. The normalized spacial score (nSPS) is 10.9. The van der Waals surface area contributed by atoms with Crippen LogP contribution in [0.15, 0.2) is 18.2 Å². The van der Waals surface area contributed by atoms with E-state index in [1.54, 1.807) is 0 Å². The first kappa shape index (κ1) is 15.5. The zero-order chi connectivity index (χ0) is 15.4. The van der Waals surface area contributed by atoms with E-state index in [1.165, 1.54) is 6.07 Å². The van der Waals surface area contributed by atoms with Gasteiger partial charge in [-0.25, -0.2) is 18.7 Å². The number of nitrogens with zero attached hydrogens (tertiary/aromatic N) is 2. The van der Waals surface area contributed by atoms with Gasteiger partial charge in [0, 0.05) is 17.0 Å². The summed E-state index contributed by atoms with van der Waals surface area (Å²) in [4.78, 5) is 9.01. The molecule has 0 spiro atoms. The standard InChI is InChI=1S/C16H19F2N3/c1-3-14-11(7-8-19)15(4-2)21-16(20-14)10-5-6-12(17)13(18)9-10/h5-6,9H,3-4,7-8,19H2,1-2H3. The molecule has 0 saturated heterocycles. The van der Waals surface area contributed by atoms with Gasteiger partial charge in [0.2, 0.25) is 0 Å². The van der Waals surface area contributed by atoms with Crippen molar-refractivity contribution in [1.82, 2.24) is 9.97 Å². The lowest BCUT2D eigenvalue weighted by molar-refractivity contribution is 0.509. The molecule has 0 saturated carbocycles. The molecule has 0 aliphatic carbocycles. The van der Waals surface area contributed by atoms with Crippen LogP contribution in [-0.2, 0) is 19.3 Å². The summed E-state index contributed by atoms with van der Waals surface area (Å²) in [6.07, 6.45) is 2.23. The first-order valence-corrected chi connectivity index (χ1v) is 7.14. The molecule has 0 unspecified atom stereocenters. The van der Waals surface area contributed by atoms with Crippen molar-refractivity contribution in [2.24, 2.45) is 5.73 Å². The van der Waals surface area contributed by atoms with Gasteiger partial charge in [-0.15, -0.1) is 0 Å². The predicted molar refractivity (Wildman–Crippen MR) is 78.9 cm³/mol. The fraction of sp³-hybridized carbons (Fsp3) is 0.375. The molecule has 2 N–H and O–H groups in total. The number of nitrogens with two attached hydrogens (primary N) is 1. The molecule has 0 fully saturated rings. The summed E-state index contributed by atoms with van der Waals surface area (Å²) in [5, 5.41) is 0. The first-order chi connectivity index (χ1) is 10.1. The van der Waals surface area contributed by atoms with Crippen LogP contribution in [0.5, 0.6) is 0 Å². The summed E-state index contributed by atoms with van der Waals surface area (Å²) in [6, 6.07) is 3.72. The smallest absolute Gasteiger partial charge is 0.159 e. The Bertz CT molecular complexity index is 616. The van der Waals surface area contributed by atoms with E-state index in [1.807, 2.05) is 13.8 Å². The van der Waals surface area contributed by atoms with Crippen LogP contribution in [0.25, 0.3) is 11.4 Å². The second kappa shape index (κ2) is 6.72. The van der Waals surface area contributed by atoms with Crippen LogP contribution in [0.1, 0.15) is 30.8 Å². The van der Waals surface area contributed by atoms with Gasteiger partial charge in [0.05, 0.1) is 0 Å². The monoisotopic (exact) mass is 291 g/mol. The van der Waals surface area contributed by atoms with E-state index in [9.17, 15) is 8.78 Å². The van der Waals surface area contributed by atoms with E-state index in [2.05, 4.69) is 9.97 Å². The van der Waals surface area contributed by atoms with E-state index in [0.29, 0.717) is 17.9 Å². The van der Waals surface area contributed by atoms with Gasteiger partial charge in [-0.05, 0) is 49.6 Å². The Morgan fingerprint density at radius 1 is 1.00 bits per heavy atom. The summed E-state index contributed by atoms with van der Waals surface area (Å²) >= 11 is 0. The summed E-state index contributed by atoms with van der Waals surface area (Å²) < 4.78 is 26.4. The molecule has 0 aliphatic rings. The minimum absolute atomic E-state index is 0.434. The van der Waals surface area contributed by atoms with E-state index >= 15 is 0 Å². The Balaban J connectivity index is 2.56. The first-order valence-electron chi connectivity index (χ1n) is 7.14. The second-order valence-electron chi connectivity index (χ2n) is 4.79. The molecule has 2 rings (SSSR count). The summed E-state index contributed by atoms with van der Waals surface area (Å²) in [7, 11) is 0. The van der Waals surface area contributed by atoms with Crippen molar-refractivity contribution in [3.63, 3.8) is 0 Å². The molecular weight excluding hydrogens is 272 g/mol. The van der Waals surface area contributed by atoms with Crippen molar-refractivity contribution in [3.05, 3.63) is 46.8 Å². The number of aryl methyl sites for hydroxylation is 2. The number of hydrogen-bond acceptors (Lipinski definition) is 3. The maximum atomic E-state index is 13.4. The van der Waals surface area contributed by atoms with Gasteiger partial charge in [-0.1, -0.05) is 13.8 Å². The molecule has 21 heavy (non-hydrogen) atoms. The van der Waals surface area contributed by atoms with E-state index in [4.69, 9.17) is 5.73 Å². The Morgan fingerprint density at radius 2 is 1.62 bits per heavy atom. The molecule has 0 radical (unpaired) electrons. The highest BCUT2D eigenvalue weighted by Crippen LogP contribution is 2.22. The number of hydrogen-bond donors (Lipinski definition) is 1. The third-order valence-electron chi connectivity index (χ3n) is 3.42. The zero-order valence-corrected chi connectivity index (χ0v) is 12.3. The lowest BCUT2D eigenvalue weighted by Crippen LogP contribution is -2.12. The molecule has 2 aromatic rings. The molecule has 0 atom stereocenters. The molecule has 5 heteroatoms. The summed E-state index contributed by atoms with van der Waals surface area (Å²) in [6.45, 7) is 4.56. The molecule has 1 aromatic heterocycles. The molecule has 3 nitrogen and oxygen atoms in total. The second-order valence-corrected chi connectivity index (χ2v) is 4.79. The largest absolute Gasteiger partial charge is 0.330 e. The highest BCUT2D eigenvalue weighted by molar-refractivity contribution is 5.56. The minimum atomic E-state index is -0.891. The maximum Gasteiger partial charge on any atom is 0.159 e. The van der Waals surface area contributed by atoms with Crippen LogP contribution >= 0.6 is 0 Å². The summed E-state index contributed by atoms with van der Waals surface area (Å²) in [5.41, 5.74) is 9.05. The minimum Gasteiger partial charge on any atom is -0.330 e. The van der Waals surface area contributed by atoms with Gasteiger partial charge in [-0.2, -0.15) is 0 Å². The van der Waals surface area contributed by atoms with Gasteiger partial charge >= 0.3 is 0 Å². The van der Waals surface area contributed by atoms with Gasteiger partial charge in [0.1, 0.15) is 0 Å². The van der Waals surface area contributed by atoms with Crippen LogP contribution in [0, 0.1) is 11.6 Å². The van der Waals surface area contributed by atoms with Gasteiger partial charge in [0.25, 0.3) is 0 Å². The van der Waals surface area contributed by atoms with Gasteiger partial charge in [0.15, 0.2) is 17.5 Å². The molecule has 112 valence electrons. The van der Waals surface area contributed by atoms with Crippen LogP contribution in [0.2, 0.25) is 0 Å². The van der Waals surface area contributed by atoms with Crippen molar-refractivity contribution >= 4 is 0 Å². The number of benzene rings is 1. The van der Waals surface area contributed by atoms with Gasteiger partial charge in [-0.3, -0.25) is 0 Å². The molecule has 1 aromatic carbocycles. The molecule has 0 amide bonds. The van der Waals surface area contributed by atoms with Crippen molar-refractivity contribution in [1.29, 1.82) is 0 Å². The molecule has 0 aliphatic heterocycles. The highest BCUT2D eigenvalue weighted by atomic mass is 19.2. The van der Waals surface area contributed by atoms with Crippen molar-refractivity contribution < 1.29 is 8.78 Å². The Hall–Kier alpha value is -1.88. The number of aromatic nitrogens is 2. The maximum absolute atomic E-state index is 13.4. The van der Waals surface area contributed by atoms with Crippen LogP contribution < -0.4 is 5.73 Å². The van der Waals surface area contributed by atoms with Crippen LogP contribution in [-0.4, -0.2) is 16.5 Å². The SMILES string of the molecule is CCc1nc(-c2ccc(F)c(F)c2)nc(CC)c1CCN.